The standard InChI is InChI=1S/C29H30FN5O4/c1-5-29(2,3)31-27(37)26(21-13-6-7-14-22(21)30)35(20-12-10-11-19(17-20)28(38)39-4)25(36)18-34-24-16-9-8-15-23(24)32-33-34/h6-17,26H,5,18H2,1-4H3,(H,31,37)/t26-/m1/s1. The summed E-state index contributed by atoms with van der Waals surface area (Å²) in [6.45, 7) is 5.30. The first-order valence-corrected chi connectivity index (χ1v) is 12.5. The van der Waals surface area contributed by atoms with Gasteiger partial charge in [-0.15, -0.1) is 5.10 Å². The zero-order valence-corrected chi connectivity index (χ0v) is 22.2. The van der Waals surface area contributed by atoms with Crippen LogP contribution in [0.15, 0.2) is 72.8 Å². The van der Waals surface area contributed by atoms with E-state index in [4.69, 9.17) is 4.74 Å². The van der Waals surface area contributed by atoms with Gasteiger partial charge in [0.05, 0.1) is 18.2 Å². The van der Waals surface area contributed by atoms with E-state index in [9.17, 15) is 14.4 Å². The van der Waals surface area contributed by atoms with Crippen LogP contribution in [0.25, 0.3) is 11.0 Å². The van der Waals surface area contributed by atoms with E-state index in [1.807, 2.05) is 26.8 Å². The Bertz CT molecular complexity index is 1520. The number of para-hydroxylation sites is 1. The molecule has 1 aromatic heterocycles. The summed E-state index contributed by atoms with van der Waals surface area (Å²) in [5.41, 5.74) is 0.962. The van der Waals surface area contributed by atoms with Gasteiger partial charge in [0.15, 0.2) is 0 Å². The van der Waals surface area contributed by atoms with Gasteiger partial charge in [-0.25, -0.2) is 13.9 Å². The third-order valence-electron chi connectivity index (χ3n) is 6.57. The van der Waals surface area contributed by atoms with Crippen molar-refractivity contribution in [2.45, 2.75) is 45.3 Å². The van der Waals surface area contributed by atoms with Crippen molar-refractivity contribution in [3.05, 3.63) is 89.7 Å². The molecule has 0 fully saturated rings. The van der Waals surface area contributed by atoms with Gasteiger partial charge >= 0.3 is 5.97 Å². The van der Waals surface area contributed by atoms with E-state index in [0.717, 1.165) is 0 Å². The van der Waals surface area contributed by atoms with Crippen LogP contribution < -0.4 is 10.2 Å². The molecule has 0 saturated heterocycles. The predicted octanol–water partition coefficient (Wildman–Crippen LogP) is 4.44. The molecule has 0 saturated carbocycles. The Labute approximate surface area is 225 Å². The zero-order chi connectivity index (χ0) is 28.2. The first-order chi connectivity index (χ1) is 18.6. The lowest BCUT2D eigenvalue weighted by Crippen LogP contribution is -2.51. The fourth-order valence-corrected chi connectivity index (χ4v) is 4.16. The Morgan fingerprint density at radius 2 is 1.77 bits per heavy atom. The lowest BCUT2D eigenvalue weighted by molar-refractivity contribution is -0.128. The monoisotopic (exact) mass is 531 g/mol. The molecule has 0 aliphatic rings. The summed E-state index contributed by atoms with van der Waals surface area (Å²) >= 11 is 0. The molecule has 10 heteroatoms. The highest BCUT2D eigenvalue weighted by Gasteiger charge is 2.37. The molecule has 1 N–H and O–H groups in total. The lowest BCUT2D eigenvalue weighted by Gasteiger charge is -2.35. The molecule has 0 aliphatic heterocycles. The molecule has 2 amide bonds. The zero-order valence-electron chi connectivity index (χ0n) is 22.2. The molecule has 4 aromatic rings. The number of esters is 1. The molecule has 9 nitrogen and oxygen atoms in total. The van der Waals surface area contributed by atoms with Crippen LogP contribution in [0.4, 0.5) is 10.1 Å². The van der Waals surface area contributed by atoms with Gasteiger partial charge in [-0.1, -0.05) is 48.5 Å². The molecule has 4 rings (SSSR count). The number of methoxy groups -OCH3 is 1. The van der Waals surface area contributed by atoms with Crippen molar-refractivity contribution in [1.82, 2.24) is 20.3 Å². The molecule has 1 heterocycles. The SMILES string of the molecule is CCC(C)(C)NC(=O)[C@@H](c1ccccc1F)N(C(=O)Cn1nnc2ccccc21)c1cccc(C(=O)OC)c1. The number of nitrogens with zero attached hydrogens (tertiary/aromatic N) is 4. The van der Waals surface area contributed by atoms with Crippen LogP contribution in [-0.2, 0) is 20.9 Å². The summed E-state index contributed by atoms with van der Waals surface area (Å²) in [5.74, 6) is -2.41. The number of halogens is 1. The second-order valence-corrected chi connectivity index (χ2v) is 9.69. The van der Waals surface area contributed by atoms with Crippen LogP contribution in [0.5, 0.6) is 0 Å². The number of nitrogens with one attached hydrogen (secondary N) is 1. The van der Waals surface area contributed by atoms with Crippen molar-refractivity contribution in [3.63, 3.8) is 0 Å². The van der Waals surface area contributed by atoms with Gasteiger partial charge in [0.25, 0.3) is 0 Å². The van der Waals surface area contributed by atoms with E-state index in [1.165, 1.54) is 47.0 Å². The molecule has 0 radical (unpaired) electrons. The Hall–Kier alpha value is -4.60. The summed E-state index contributed by atoms with van der Waals surface area (Å²) in [6.07, 6.45) is 0.597. The van der Waals surface area contributed by atoms with Crippen LogP contribution in [0.2, 0.25) is 0 Å². The van der Waals surface area contributed by atoms with Crippen LogP contribution >= 0.6 is 0 Å². The smallest absolute Gasteiger partial charge is 0.337 e. The van der Waals surface area contributed by atoms with Crippen molar-refractivity contribution >= 4 is 34.5 Å². The summed E-state index contributed by atoms with van der Waals surface area (Å²) < 4.78 is 21.6. The quantitative estimate of drug-likeness (QED) is 0.320. The van der Waals surface area contributed by atoms with Crippen molar-refractivity contribution < 1.29 is 23.5 Å². The van der Waals surface area contributed by atoms with E-state index in [2.05, 4.69) is 15.6 Å². The number of benzene rings is 3. The number of ether oxygens (including phenoxy) is 1. The highest BCUT2D eigenvalue weighted by molar-refractivity contribution is 6.02. The molecule has 0 aliphatic carbocycles. The molecule has 202 valence electrons. The number of fused-ring (bicyclic) bond motifs is 1. The number of hydrogen-bond acceptors (Lipinski definition) is 6. The van der Waals surface area contributed by atoms with Gasteiger partial charge in [0.2, 0.25) is 11.8 Å². The summed E-state index contributed by atoms with van der Waals surface area (Å²) in [7, 11) is 1.25. The van der Waals surface area contributed by atoms with Gasteiger partial charge in [-0.3, -0.25) is 14.5 Å². The number of aromatic nitrogens is 3. The van der Waals surface area contributed by atoms with E-state index in [1.54, 1.807) is 36.4 Å². The van der Waals surface area contributed by atoms with Crippen LogP contribution in [0.1, 0.15) is 49.2 Å². The fraction of sp³-hybridized carbons (Fsp3) is 0.276. The number of rotatable bonds is 9. The topological polar surface area (TPSA) is 106 Å². The Morgan fingerprint density at radius 3 is 2.49 bits per heavy atom. The van der Waals surface area contributed by atoms with Crippen molar-refractivity contribution in [2.24, 2.45) is 0 Å². The largest absolute Gasteiger partial charge is 0.465 e. The molecular formula is C29H30FN5O4. The highest BCUT2D eigenvalue weighted by atomic mass is 19.1. The number of anilines is 1. The number of carbonyl (C=O) groups excluding carboxylic acids is 3. The van der Waals surface area contributed by atoms with E-state index in [-0.39, 0.29) is 23.4 Å². The minimum Gasteiger partial charge on any atom is -0.465 e. The van der Waals surface area contributed by atoms with E-state index in [0.29, 0.717) is 17.5 Å². The van der Waals surface area contributed by atoms with E-state index >= 15 is 4.39 Å². The molecule has 3 aromatic carbocycles. The molecular weight excluding hydrogens is 501 g/mol. The Morgan fingerprint density at radius 1 is 1.05 bits per heavy atom. The van der Waals surface area contributed by atoms with Gasteiger partial charge in [0.1, 0.15) is 23.9 Å². The normalized spacial score (nSPS) is 12.1. The summed E-state index contributed by atoms with van der Waals surface area (Å²) in [5, 5.41) is 11.2. The summed E-state index contributed by atoms with van der Waals surface area (Å²) in [6, 6.07) is 17.7. The van der Waals surface area contributed by atoms with Gasteiger partial charge < -0.3 is 10.1 Å². The first kappa shape index (κ1) is 27.4. The van der Waals surface area contributed by atoms with Crippen LogP contribution in [0, 0.1) is 5.82 Å². The minimum absolute atomic E-state index is 0.00201. The second-order valence-electron chi connectivity index (χ2n) is 9.69. The fourth-order valence-electron chi connectivity index (χ4n) is 4.16. The first-order valence-electron chi connectivity index (χ1n) is 12.5. The minimum atomic E-state index is -1.40. The molecule has 1 atom stereocenters. The third-order valence-corrected chi connectivity index (χ3v) is 6.57. The van der Waals surface area contributed by atoms with Crippen molar-refractivity contribution in [3.8, 4) is 0 Å². The average Bonchev–Trinajstić information content (AvgIpc) is 3.34. The van der Waals surface area contributed by atoms with Crippen LogP contribution in [0.3, 0.4) is 0 Å². The molecule has 0 bridgehead atoms. The maximum Gasteiger partial charge on any atom is 0.337 e. The van der Waals surface area contributed by atoms with Crippen molar-refractivity contribution in [2.75, 3.05) is 12.0 Å². The summed E-state index contributed by atoms with van der Waals surface area (Å²) in [4.78, 5) is 41.5. The third kappa shape index (κ3) is 5.95. The lowest BCUT2D eigenvalue weighted by atomic mass is 9.97. The number of amides is 2. The van der Waals surface area contributed by atoms with Gasteiger partial charge in [-0.2, -0.15) is 0 Å². The number of carbonyl (C=O) groups is 3. The highest BCUT2D eigenvalue weighted by Crippen LogP contribution is 2.31. The van der Waals surface area contributed by atoms with Crippen molar-refractivity contribution in [1.29, 1.82) is 0 Å². The second kappa shape index (κ2) is 11.4. The van der Waals surface area contributed by atoms with Gasteiger partial charge in [-0.05, 0) is 56.7 Å². The Balaban J connectivity index is 1.88. The number of hydrogen-bond donors (Lipinski definition) is 1. The maximum atomic E-state index is 15.3. The predicted molar refractivity (Wildman–Crippen MR) is 144 cm³/mol. The van der Waals surface area contributed by atoms with Gasteiger partial charge in [0, 0.05) is 16.8 Å². The average molecular weight is 532 g/mol. The Kier molecular flexibility index (Phi) is 8.04. The molecule has 39 heavy (non-hydrogen) atoms. The molecule has 0 unspecified atom stereocenters. The molecule has 0 spiro atoms. The van der Waals surface area contributed by atoms with Crippen LogP contribution in [-0.4, -0.2) is 45.4 Å². The maximum absolute atomic E-state index is 15.3. The van der Waals surface area contributed by atoms with E-state index < -0.39 is 35.2 Å².